The number of aromatic nitrogens is 5. The monoisotopic (exact) mass is 735 g/mol. The molecule has 2 unspecified atom stereocenters. The number of hydrogen-bond donors (Lipinski definition) is 2. The van der Waals surface area contributed by atoms with Crippen molar-refractivity contribution in [3.05, 3.63) is 30.9 Å². The van der Waals surface area contributed by atoms with E-state index in [0.717, 1.165) is 18.5 Å². The molecule has 14 heteroatoms. The molecular formula is C37H60F2N7O4P. The minimum absolute atomic E-state index is 0.0259. The number of hydrogen-bond acceptors (Lipinski definition) is 8. The Balaban J connectivity index is 1.20. The fraction of sp³-hybridized carbons (Fsp3) is 0.730. The number of pyridine rings is 1. The summed E-state index contributed by atoms with van der Waals surface area (Å²) in [7, 11) is -0.905. The van der Waals surface area contributed by atoms with Gasteiger partial charge in [0, 0.05) is 74.7 Å². The molecule has 286 valence electrons. The maximum atomic E-state index is 15.3. The van der Waals surface area contributed by atoms with Crippen LogP contribution in [0.4, 0.5) is 20.4 Å². The van der Waals surface area contributed by atoms with Crippen molar-refractivity contribution in [2.75, 3.05) is 44.1 Å². The molecule has 1 aliphatic carbocycles. The van der Waals surface area contributed by atoms with Crippen LogP contribution in [0.2, 0.25) is 0 Å². The van der Waals surface area contributed by atoms with Gasteiger partial charge < -0.3 is 34.3 Å². The molecule has 4 atom stereocenters. The average molecular weight is 736 g/mol. The second-order valence-corrected chi connectivity index (χ2v) is 16.2. The highest BCUT2D eigenvalue weighted by atomic mass is 31.2. The summed E-state index contributed by atoms with van der Waals surface area (Å²) in [6.07, 6.45) is 22.9. The first-order chi connectivity index (χ1) is 24.4. The topological polar surface area (TPSA) is 146 Å². The second-order valence-electron chi connectivity index (χ2n) is 14.6. The molecule has 3 aromatic heterocycles. The van der Waals surface area contributed by atoms with Crippen LogP contribution < -0.4 is 20.1 Å². The summed E-state index contributed by atoms with van der Waals surface area (Å²) in [6.45, 7) is 3.09. The number of imidazole rings is 1. The zero-order valence-corrected chi connectivity index (χ0v) is 31.8. The van der Waals surface area contributed by atoms with E-state index in [1.807, 2.05) is 43.5 Å². The highest BCUT2D eigenvalue weighted by Gasteiger charge is 2.70. The maximum absolute atomic E-state index is 15.3. The largest absolute Gasteiger partial charge is 0.779 e. The summed E-state index contributed by atoms with van der Waals surface area (Å²) in [4.78, 5) is 36.6. The van der Waals surface area contributed by atoms with Gasteiger partial charge in [-0.1, -0.05) is 90.4 Å². The standard InChI is InChI=1S/C37H60F2N7O4P/c1-4-5-6-7-8-9-10-11-12-13-14-15-16-17-24-50-25-18-19-29(27-51(47,48)49)32-31(37(32,38)39)26-46-28-41-33-34(42-36(40)43-35(33)46)45-22-20-30(21-23-45)44(2)3/h20-23,28-29,31-32H,4-19,24-27H2,1-3H3,(H3-,40,42,43,47,48,49)/t29?,31-,32-/m1/s1. The first-order valence-corrected chi connectivity index (χ1v) is 20.8. The van der Waals surface area contributed by atoms with Crippen molar-refractivity contribution < 1.29 is 32.4 Å². The lowest BCUT2D eigenvalue weighted by atomic mass is 9.98. The van der Waals surface area contributed by atoms with Crippen molar-refractivity contribution in [1.82, 2.24) is 19.5 Å². The quantitative estimate of drug-likeness (QED) is 0.0502. The van der Waals surface area contributed by atoms with E-state index in [0.29, 0.717) is 36.6 Å². The lowest BCUT2D eigenvalue weighted by Crippen LogP contribution is -2.32. The van der Waals surface area contributed by atoms with Crippen LogP contribution in [0, 0.1) is 17.8 Å². The van der Waals surface area contributed by atoms with Crippen LogP contribution in [-0.2, 0) is 15.8 Å². The molecule has 0 spiro atoms. The summed E-state index contributed by atoms with van der Waals surface area (Å²) in [5.74, 6) is -5.97. The number of anilines is 2. The average Bonchev–Trinajstić information content (AvgIpc) is 3.38. The summed E-state index contributed by atoms with van der Waals surface area (Å²) >= 11 is 0. The third kappa shape index (κ3) is 12.7. The first-order valence-electron chi connectivity index (χ1n) is 19.1. The van der Waals surface area contributed by atoms with Gasteiger partial charge in [0.25, 0.3) is 5.92 Å². The second kappa shape index (κ2) is 19.9. The number of alkyl halides is 2. The van der Waals surface area contributed by atoms with Crippen molar-refractivity contribution >= 4 is 30.4 Å². The molecule has 51 heavy (non-hydrogen) atoms. The maximum Gasteiger partial charge on any atom is 0.361 e. The van der Waals surface area contributed by atoms with Gasteiger partial charge in [0.05, 0.1) is 18.7 Å². The van der Waals surface area contributed by atoms with Crippen LogP contribution in [-0.4, -0.2) is 63.8 Å². The normalized spacial score (nSPS) is 18.6. The van der Waals surface area contributed by atoms with Crippen LogP contribution in [0.5, 0.6) is 0 Å². The van der Waals surface area contributed by atoms with Crippen molar-refractivity contribution in [1.29, 1.82) is 0 Å². The first kappa shape index (κ1) is 41.0. The van der Waals surface area contributed by atoms with Gasteiger partial charge >= 0.3 is 11.8 Å². The van der Waals surface area contributed by atoms with Crippen LogP contribution in [0.1, 0.15) is 110 Å². The Morgan fingerprint density at radius 2 is 1.55 bits per heavy atom. The third-order valence-electron chi connectivity index (χ3n) is 10.2. The minimum atomic E-state index is -4.77. The molecule has 1 saturated carbocycles. The Kier molecular flexibility index (Phi) is 16.0. The van der Waals surface area contributed by atoms with Crippen molar-refractivity contribution in [3.8, 4) is 5.82 Å². The number of rotatable bonds is 26. The molecule has 3 heterocycles. The Morgan fingerprint density at radius 1 is 0.980 bits per heavy atom. The number of nitrogen functional groups attached to an aromatic ring is 1. The predicted octanol–water partition coefficient (Wildman–Crippen LogP) is 7.07. The lowest BCUT2D eigenvalue weighted by Gasteiger charge is -2.23. The molecule has 0 saturated heterocycles. The molecule has 0 radical (unpaired) electrons. The van der Waals surface area contributed by atoms with E-state index < -0.39 is 37.4 Å². The number of nitrogens with zero attached hydrogens (tertiary/aromatic N) is 6. The number of halogens is 2. The number of nitrogens with two attached hydrogens (primary N) is 1. The van der Waals surface area contributed by atoms with E-state index in [1.165, 1.54) is 87.9 Å². The molecule has 1 fully saturated rings. The van der Waals surface area contributed by atoms with Crippen molar-refractivity contribution in [3.63, 3.8) is 0 Å². The summed E-state index contributed by atoms with van der Waals surface area (Å²) in [6, 6.07) is 3.80. The fourth-order valence-corrected chi connectivity index (χ4v) is 8.26. The van der Waals surface area contributed by atoms with Crippen LogP contribution in [0.15, 0.2) is 30.9 Å². The molecule has 3 N–H and O–H groups in total. The number of unbranched alkanes of at least 4 members (excludes halogenated alkanes) is 13. The molecule has 3 aromatic rings. The van der Waals surface area contributed by atoms with E-state index in [9.17, 15) is 14.4 Å². The van der Waals surface area contributed by atoms with Gasteiger partial charge in [0.1, 0.15) is 7.60 Å². The van der Waals surface area contributed by atoms with E-state index in [1.54, 1.807) is 4.57 Å². The molecule has 0 bridgehead atoms. The van der Waals surface area contributed by atoms with Gasteiger partial charge in [-0.15, -0.1) is 0 Å². The molecule has 0 amide bonds. The Labute approximate surface area is 302 Å². The molecule has 1 aliphatic rings. The highest BCUT2D eigenvalue weighted by Crippen LogP contribution is 2.62. The lowest BCUT2D eigenvalue weighted by molar-refractivity contribution is -0.598. The van der Waals surface area contributed by atoms with Gasteiger partial charge in [0.15, 0.2) is 5.65 Å². The number of fused-ring (bicyclic) bond motifs is 1. The minimum Gasteiger partial charge on any atom is -0.779 e. The number of ether oxygens (including phenoxy) is 1. The molecular weight excluding hydrogens is 675 g/mol. The van der Waals surface area contributed by atoms with Gasteiger partial charge in [-0.05, 0) is 25.2 Å². The SMILES string of the molecule is CCCCCCCCCCCCCCCCOCCCC(CP(=O)([O-])O)[C@@H]1[C@@H](Cn2cnc3c(-[n+]4ccc(N(C)C)cc4)nc(N)nc32)C1(F)F. The van der Waals surface area contributed by atoms with E-state index in [-0.39, 0.29) is 18.9 Å². The Hall–Kier alpha value is -2.73. The van der Waals surface area contributed by atoms with Crippen LogP contribution in [0.3, 0.4) is 0 Å². The van der Waals surface area contributed by atoms with Gasteiger partial charge in [-0.25, -0.2) is 18.3 Å². The Bertz CT molecular complexity index is 1520. The zero-order valence-electron chi connectivity index (χ0n) is 30.9. The predicted molar refractivity (Wildman–Crippen MR) is 196 cm³/mol. The van der Waals surface area contributed by atoms with E-state index in [4.69, 9.17) is 10.5 Å². The van der Waals surface area contributed by atoms with Gasteiger partial charge in [-0.3, -0.25) is 0 Å². The summed E-state index contributed by atoms with van der Waals surface area (Å²) in [5.41, 5.74) is 7.73. The fourth-order valence-electron chi connectivity index (χ4n) is 7.25. The third-order valence-corrected chi connectivity index (χ3v) is 11.1. The van der Waals surface area contributed by atoms with E-state index >= 15 is 8.78 Å². The molecule has 0 aromatic carbocycles. The molecule has 0 aliphatic heterocycles. The smallest absolute Gasteiger partial charge is 0.361 e. The molecule has 11 nitrogen and oxygen atoms in total. The van der Waals surface area contributed by atoms with Gasteiger partial charge in [0.2, 0.25) is 5.52 Å². The zero-order chi connectivity index (χ0) is 36.9. The van der Waals surface area contributed by atoms with Crippen molar-refractivity contribution in [2.24, 2.45) is 17.8 Å². The van der Waals surface area contributed by atoms with Gasteiger partial charge in [-0.2, -0.15) is 4.98 Å². The summed E-state index contributed by atoms with van der Waals surface area (Å²) < 4.78 is 51.6. The van der Waals surface area contributed by atoms with Crippen molar-refractivity contribution in [2.45, 2.75) is 122 Å². The van der Waals surface area contributed by atoms with Crippen LogP contribution in [0.25, 0.3) is 17.0 Å². The Morgan fingerprint density at radius 3 is 2.12 bits per heavy atom. The van der Waals surface area contributed by atoms with E-state index in [2.05, 4.69) is 21.9 Å². The highest BCUT2D eigenvalue weighted by molar-refractivity contribution is 7.50. The summed E-state index contributed by atoms with van der Waals surface area (Å²) in [5, 5.41) is 0. The molecule has 4 rings (SSSR count). The van der Waals surface area contributed by atoms with Crippen LogP contribution >= 0.6 is 7.60 Å².